The Morgan fingerprint density at radius 3 is 2.50 bits per heavy atom. The van der Waals surface area contributed by atoms with Gasteiger partial charge in [0.05, 0.1) is 11.6 Å². The van der Waals surface area contributed by atoms with Crippen molar-refractivity contribution in [3.05, 3.63) is 0 Å². The van der Waals surface area contributed by atoms with Crippen molar-refractivity contribution in [3.8, 4) is 0 Å². The minimum atomic E-state index is -0.752. The molecule has 0 aliphatic rings. The summed E-state index contributed by atoms with van der Waals surface area (Å²) in [6.07, 6.45) is -0.0547. The molecular formula is C10H18N2O4. The second kappa shape index (κ2) is 7.67. The third-order valence-corrected chi connectivity index (χ3v) is 1.76. The average Bonchev–Trinajstić information content (AvgIpc) is 2.24. The fourth-order valence-electron chi connectivity index (χ4n) is 0.640. The van der Waals surface area contributed by atoms with Crippen LogP contribution in [-0.2, 0) is 14.4 Å². The summed E-state index contributed by atoms with van der Waals surface area (Å²) in [6, 6.07) is 0. The molecule has 1 amide bonds. The Labute approximate surface area is 95.0 Å². The topological polar surface area (TPSA) is 77.0 Å². The van der Waals surface area contributed by atoms with Gasteiger partial charge in [-0.2, -0.15) is 0 Å². The van der Waals surface area contributed by atoms with Gasteiger partial charge in [0.2, 0.25) is 0 Å². The van der Waals surface area contributed by atoms with E-state index in [1.165, 1.54) is 0 Å². The Balaban J connectivity index is 3.70. The van der Waals surface area contributed by atoms with Gasteiger partial charge in [0.15, 0.2) is 6.73 Å². The number of nitrogens with zero attached hydrogens (tertiary/aromatic N) is 1. The van der Waals surface area contributed by atoms with Gasteiger partial charge < -0.3 is 4.74 Å². The maximum Gasteiger partial charge on any atom is 0.435 e. The van der Waals surface area contributed by atoms with Crippen LogP contribution in [0.1, 0.15) is 34.1 Å². The first kappa shape index (κ1) is 14.4. The molecule has 0 aromatic carbocycles. The van der Waals surface area contributed by atoms with E-state index >= 15 is 0 Å². The van der Waals surface area contributed by atoms with Gasteiger partial charge in [-0.15, -0.1) is 0 Å². The van der Waals surface area contributed by atoms with Crippen LogP contribution in [0, 0.1) is 5.92 Å². The minimum Gasteiger partial charge on any atom is -0.444 e. The Morgan fingerprint density at radius 2 is 2.00 bits per heavy atom. The van der Waals surface area contributed by atoms with Crippen LogP contribution in [0.25, 0.3) is 0 Å². The summed E-state index contributed by atoms with van der Waals surface area (Å²) in [6.45, 7) is 6.81. The van der Waals surface area contributed by atoms with E-state index in [9.17, 15) is 9.59 Å². The predicted octanol–water partition coefficient (Wildman–Crippen LogP) is 1.66. The lowest BCUT2D eigenvalue weighted by molar-refractivity contribution is -0.148. The molecule has 0 fully saturated rings. The molecule has 0 radical (unpaired) electrons. The molecule has 6 nitrogen and oxygen atoms in total. The summed E-state index contributed by atoms with van der Waals surface area (Å²) < 4.78 is 4.77. The molecule has 0 spiro atoms. The third-order valence-electron chi connectivity index (χ3n) is 1.76. The number of ether oxygens (including phenoxy) is 1. The van der Waals surface area contributed by atoms with Crippen molar-refractivity contribution in [2.75, 3.05) is 6.73 Å². The molecule has 1 N–H and O–H groups in total. The highest BCUT2D eigenvalue weighted by Crippen LogP contribution is 2.02. The zero-order chi connectivity index (χ0) is 12.6. The minimum absolute atomic E-state index is 0.172. The Morgan fingerprint density at radius 1 is 1.38 bits per heavy atom. The average molecular weight is 230 g/mol. The van der Waals surface area contributed by atoms with Crippen molar-refractivity contribution >= 4 is 17.8 Å². The van der Waals surface area contributed by atoms with Gasteiger partial charge in [0.1, 0.15) is 0 Å². The van der Waals surface area contributed by atoms with Crippen LogP contribution in [0.3, 0.4) is 0 Å². The number of esters is 1. The van der Waals surface area contributed by atoms with Crippen LogP contribution < -0.4 is 5.32 Å². The van der Waals surface area contributed by atoms with Crippen molar-refractivity contribution in [1.82, 2.24) is 5.32 Å². The summed E-state index contributed by atoms with van der Waals surface area (Å²) in [5, 5.41) is 5.67. The van der Waals surface area contributed by atoms with E-state index < -0.39 is 6.09 Å². The molecule has 0 aliphatic carbocycles. The van der Waals surface area contributed by atoms with E-state index in [0.717, 1.165) is 0 Å². The van der Waals surface area contributed by atoms with Crippen LogP contribution in [-0.4, -0.2) is 24.5 Å². The summed E-state index contributed by atoms with van der Waals surface area (Å²) in [7, 11) is 0. The summed E-state index contributed by atoms with van der Waals surface area (Å²) in [5.41, 5.74) is 0.617. The highest BCUT2D eigenvalue weighted by Gasteiger charge is 2.12. The largest absolute Gasteiger partial charge is 0.444 e. The first-order chi connectivity index (χ1) is 7.47. The SMILES string of the molecule is CCC(C)C(=O)OCNC(=O)ON=C(C)C. The maximum absolute atomic E-state index is 11.2. The van der Waals surface area contributed by atoms with Crippen LogP contribution >= 0.6 is 0 Å². The molecule has 0 saturated carbocycles. The summed E-state index contributed by atoms with van der Waals surface area (Å²) in [4.78, 5) is 26.5. The number of nitrogens with one attached hydrogen (secondary N) is 1. The zero-order valence-electron chi connectivity index (χ0n) is 10.1. The molecular weight excluding hydrogens is 212 g/mol. The first-order valence-corrected chi connectivity index (χ1v) is 5.10. The molecule has 0 saturated heterocycles. The van der Waals surface area contributed by atoms with Gasteiger partial charge in [0.25, 0.3) is 0 Å². The molecule has 0 aromatic rings. The second-order valence-electron chi connectivity index (χ2n) is 3.51. The molecule has 1 unspecified atom stereocenters. The summed E-state index contributed by atoms with van der Waals surface area (Å²) in [5.74, 6) is -0.522. The lowest BCUT2D eigenvalue weighted by atomic mass is 10.1. The predicted molar refractivity (Wildman–Crippen MR) is 58.8 cm³/mol. The van der Waals surface area contributed by atoms with E-state index in [1.54, 1.807) is 20.8 Å². The van der Waals surface area contributed by atoms with Crippen molar-refractivity contribution in [1.29, 1.82) is 0 Å². The number of oxime groups is 1. The molecule has 6 heteroatoms. The fraction of sp³-hybridized carbons (Fsp3) is 0.700. The lowest BCUT2D eigenvalue weighted by Crippen LogP contribution is -2.28. The van der Waals surface area contributed by atoms with E-state index in [4.69, 9.17) is 4.74 Å². The number of amides is 1. The molecule has 92 valence electrons. The molecule has 16 heavy (non-hydrogen) atoms. The van der Waals surface area contributed by atoms with E-state index in [2.05, 4.69) is 15.3 Å². The number of carbonyl (C=O) groups is 2. The fourth-order valence-corrected chi connectivity index (χ4v) is 0.640. The normalized spacial score (nSPS) is 11.2. The van der Waals surface area contributed by atoms with Crippen molar-refractivity contribution in [2.45, 2.75) is 34.1 Å². The van der Waals surface area contributed by atoms with E-state index in [-0.39, 0.29) is 18.6 Å². The van der Waals surface area contributed by atoms with Gasteiger partial charge in [-0.25, -0.2) is 4.79 Å². The second-order valence-corrected chi connectivity index (χ2v) is 3.51. The van der Waals surface area contributed by atoms with Gasteiger partial charge >= 0.3 is 12.1 Å². The third kappa shape index (κ3) is 6.80. The standard InChI is InChI=1S/C10H18N2O4/c1-5-8(4)9(13)15-6-11-10(14)16-12-7(2)3/h8H,5-6H2,1-4H3,(H,11,14). The lowest BCUT2D eigenvalue weighted by Gasteiger charge is -2.09. The quantitative estimate of drug-likeness (QED) is 0.256. The van der Waals surface area contributed by atoms with Crippen LogP contribution in [0.5, 0.6) is 0 Å². The Hall–Kier alpha value is -1.59. The molecule has 0 aromatic heterocycles. The maximum atomic E-state index is 11.2. The van der Waals surface area contributed by atoms with Crippen LogP contribution in [0.4, 0.5) is 4.79 Å². The smallest absolute Gasteiger partial charge is 0.435 e. The van der Waals surface area contributed by atoms with E-state index in [1.807, 2.05) is 6.92 Å². The van der Waals surface area contributed by atoms with Crippen molar-refractivity contribution in [2.24, 2.45) is 11.1 Å². The molecule has 1 atom stereocenters. The number of rotatable bonds is 5. The molecule has 0 rings (SSSR count). The zero-order valence-corrected chi connectivity index (χ0v) is 10.1. The van der Waals surface area contributed by atoms with Crippen LogP contribution in [0.15, 0.2) is 5.16 Å². The van der Waals surface area contributed by atoms with Gasteiger partial charge in [0, 0.05) is 0 Å². The number of hydrogen-bond donors (Lipinski definition) is 1. The van der Waals surface area contributed by atoms with Crippen LogP contribution in [0.2, 0.25) is 0 Å². The molecule has 0 heterocycles. The molecule has 0 aliphatic heterocycles. The summed E-state index contributed by atoms with van der Waals surface area (Å²) >= 11 is 0. The van der Waals surface area contributed by atoms with Crippen molar-refractivity contribution < 1.29 is 19.2 Å². The van der Waals surface area contributed by atoms with Gasteiger partial charge in [-0.05, 0) is 20.3 Å². The van der Waals surface area contributed by atoms with Crippen molar-refractivity contribution in [3.63, 3.8) is 0 Å². The highest BCUT2D eigenvalue weighted by atomic mass is 16.7. The Kier molecular flexibility index (Phi) is 6.91. The monoisotopic (exact) mass is 230 g/mol. The number of hydrogen-bond acceptors (Lipinski definition) is 5. The van der Waals surface area contributed by atoms with Gasteiger partial charge in [-0.3, -0.25) is 14.9 Å². The molecule has 0 bridgehead atoms. The van der Waals surface area contributed by atoms with E-state index in [0.29, 0.717) is 12.1 Å². The highest BCUT2D eigenvalue weighted by molar-refractivity contribution is 5.79. The van der Waals surface area contributed by atoms with Gasteiger partial charge in [-0.1, -0.05) is 19.0 Å². The Bertz CT molecular complexity index is 272. The first-order valence-electron chi connectivity index (χ1n) is 5.10. The number of carbonyl (C=O) groups excluding carboxylic acids is 2.